The number of likely N-dealkylation sites (tertiary alicyclic amines) is 1. The number of carboxylic acid groups (broad SMARTS) is 1. The van der Waals surface area contributed by atoms with Gasteiger partial charge >= 0.3 is 12.1 Å². The van der Waals surface area contributed by atoms with Crippen LogP contribution in [0, 0.1) is 22.7 Å². The Labute approximate surface area is 272 Å². The molecule has 12 heteroatoms. The number of anilines is 1. The summed E-state index contributed by atoms with van der Waals surface area (Å²) in [5, 5.41) is 25.7. The fraction of sp³-hybridized carbons (Fsp3) is 0.371. The molecule has 47 heavy (non-hydrogen) atoms. The number of hydrogen-bond acceptors (Lipinski definition) is 7. The van der Waals surface area contributed by atoms with Crippen LogP contribution < -0.4 is 9.64 Å². The Morgan fingerprint density at radius 2 is 1.36 bits per heavy atom. The van der Waals surface area contributed by atoms with Crippen molar-refractivity contribution >= 4 is 17.6 Å². The van der Waals surface area contributed by atoms with Gasteiger partial charge in [0.15, 0.2) is 0 Å². The van der Waals surface area contributed by atoms with Crippen molar-refractivity contribution in [2.75, 3.05) is 57.3 Å². The lowest BCUT2D eigenvalue weighted by Gasteiger charge is -2.37. The summed E-state index contributed by atoms with van der Waals surface area (Å²) in [5.41, 5.74) is 0.973. The SMILES string of the molecule is N#Cc1ccc(C(=O)N2CCN(c3ccc(OCCCN4CCCCC4)cc3C(F)(F)F)CC2)cc1.N#Cc1ccc(C(=O)O)cc1. The summed E-state index contributed by atoms with van der Waals surface area (Å²) in [6.45, 7) is 4.65. The average Bonchev–Trinajstić information content (AvgIpc) is 3.10. The number of rotatable bonds is 8. The number of piperazine rings is 1. The minimum atomic E-state index is -4.52. The largest absolute Gasteiger partial charge is 0.494 e. The van der Waals surface area contributed by atoms with E-state index in [9.17, 15) is 22.8 Å². The van der Waals surface area contributed by atoms with Gasteiger partial charge in [-0.3, -0.25) is 4.79 Å². The Morgan fingerprint density at radius 3 is 1.89 bits per heavy atom. The highest BCUT2D eigenvalue weighted by Crippen LogP contribution is 2.39. The highest BCUT2D eigenvalue weighted by Gasteiger charge is 2.36. The molecule has 0 aliphatic carbocycles. The fourth-order valence-electron chi connectivity index (χ4n) is 5.48. The first-order chi connectivity index (χ1) is 22.6. The number of hydrogen-bond donors (Lipinski definition) is 1. The van der Waals surface area contributed by atoms with Gasteiger partial charge in [0.25, 0.3) is 5.91 Å². The highest BCUT2D eigenvalue weighted by molar-refractivity contribution is 5.94. The van der Waals surface area contributed by atoms with Crippen LogP contribution in [0.4, 0.5) is 18.9 Å². The summed E-state index contributed by atoms with van der Waals surface area (Å²) in [5.74, 6) is -0.947. The van der Waals surface area contributed by atoms with Gasteiger partial charge in [0.1, 0.15) is 5.75 Å². The van der Waals surface area contributed by atoms with E-state index in [0.29, 0.717) is 49.5 Å². The lowest BCUT2D eigenvalue weighted by molar-refractivity contribution is -0.137. The van der Waals surface area contributed by atoms with Gasteiger partial charge < -0.3 is 24.5 Å². The summed E-state index contributed by atoms with van der Waals surface area (Å²) in [6.07, 6.45) is -0.0669. The number of nitrogens with zero attached hydrogens (tertiary/aromatic N) is 5. The first kappa shape index (κ1) is 34.8. The molecule has 2 heterocycles. The highest BCUT2D eigenvalue weighted by atomic mass is 19.4. The molecule has 0 spiro atoms. The zero-order valence-corrected chi connectivity index (χ0v) is 25.9. The van der Waals surface area contributed by atoms with Crippen molar-refractivity contribution in [3.63, 3.8) is 0 Å². The molecule has 0 unspecified atom stereocenters. The van der Waals surface area contributed by atoms with Crippen LogP contribution in [0.25, 0.3) is 0 Å². The summed E-state index contributed by atoms with van der Waals surface area (Å²) in [4.78, 5) is 28.8. The van der Waals surface area contributed by atoms with Crippen LogP contribution in [0.1, 0.15) is 63.1 Å². The number of nitriles is 2. The number of piperidine rings is 1. The van der Waals surface area contributed by atoms with Crippen LogP contribution in [0.5, 0.6) is 5.75 Å². The molecular formula is C35H36F3N5O4. The minimum absolute atomic E-state index is 0.105. The molecule has 1 amide bonds. The number of aromatic carboxylic acids is 1. The topological polar surface area (TPSA) is 121 Å². The predicted octanol–water partition coefficient (Wildman–Crippen LogP) is 6.05. The summed E-state index contributed by atoms with van der Waals surface area (Å²) in [6, 6.07) is 20.2. The molecule has 0 aromatic heterocycles. The second kappa shape index (κ2) is 16.5. The van der Waals surface area contributed by atoms with Crippen molar-refractivity contribution in [3.05, 3.63) is 94.5 Å². The molecule has 0 saturated carbocycles. The summed E-state index contributed by atoms with van der Waals surface area (Å²) < 4.78 is 47.4. The Hall–Kier alpha value is -5.07. The van der Waals surface area contributed by atoms with Crippen LogP contribution in [-0.4, -0.2) is 79.2 Å². The molecule has 3 aromatic rings. The third-order valence-electron chi connectivity index (χ3n) is 8.04. The van der Waals surface area contributed by atoms with Gasteiger partial charge in [-0.1, -0.05) is 6.42 Å². The molecule has 0 atom stereocenters. The van der Waals surface area contributed by atoms with E-state index in [4.69, 9.17) is 20.4 Å². The Bertz CT molecular complexity index is 1580. The molecule has 0 bridgehead atoms. The molecular weight excluding hydrogens is 611 g/mol. The fourth-order valence-corrected chi connectivity index (χ4v) is 5.48. The van der Waals surface area contributed by atoms with Crippen molar-refractivity contribution < 1.29 is 32.6 Å². The quantitative estimate of drug-likeness (QED) is 0.294. The van der Waals surface area contributed by atoms with E-state index in [2.05, 4.69) is 4.90 Å². The summed E-state index contributed by atoms with van der Waals surface area (Å²) >= 11 is 0. The monoisotopic (exact) mass is 647 g/mol. The Kier molecular flexibility index (Phi) is 12.2. The van der Waals surface area contributed by atoms with Crippen molar-refractivity contribution in [1.82, 2.24) is 9.80 Å². The minimum Gasteiger partial charge on any atom is -0.494 e. The van der Waals surface area contributed by atoms with E-state index in [1.54, 1.807) is 40.1 Å². The number of halogens is 3. The normalized spacial score (nSPS) is 15.1. The molecule has 2 aliphatic heterocycles. The Balaban J connectivity index is 0.000000385. The standard InChI is InChI=1S/C27H31F3N4O2.C8H5NO2/c28-27(29,30)24-19-23(36-18-4-13-32-11-2-1-3-12-32)9-10-25(24)33-14-16-34(17-15-33)26(35)22-7-5-21(20-31)6-8-22;9-5-6-1-3-7(4-2-6)8(10)11/h5-10,19H,1-4,11-18H2;1-4H,(H,10,11). The molecule has 9 nitrogen and oxygen atoms in total. The van der Waals surface area contributed by atoms with Crippen molar-refractivity contribution in [2.24, 2.45) is 0 Å². The number of carbonyl (C=O) groups is 2. The van der Waals surface area contributed by atoms with Crippen molar-refractivity contribution in [3.8, 4) is 17.9 Å². The smallest absolute Gasteiger partial charge is 0.418 e. The average molecular weight is 648 g/mol. The molecule has 3 aromatic carbocycles. The number of benzene rings is 3. The van der Waals surface area contributed by atoms with E-state index in [0.717, 1.165) is 32.1 Å². The predicted molar refractivity (Wildman–Crippen MR) is 169 cm³/mol. The molecule has 246 valence electrons. The van der Waals surface area contributed by atoms with E-state index >= 15 is 0 Å². The third-order valence-corrected chi connectivity index (χ3v) is 8.04. The number of carboxylic acids is 1. The van der Waals surface area contributed by atoms with Gasteiger partial charge in [-0.2, -0.15) is 23.7 Å². The second-order valence-corrected chi connectivity index (χ2v) is 11.2. The van der Waals surface area contributed by atoms with Gasteiger partial charge in [-0.25, -0.2) is 4.79 Å². The van der Waals surface area contributed by atoms with E-state index in [1.807, 2.05) is 12.1 Å². The number of alkyl halides is 3. The second-order valence-electron chi connectivity index (χ2n) is 11.2. The van der Waals surface area contributed by atoms with Gasteiger partial charge in [-0.15, -0.1) is 0 Å². The number of amides is 1. The van der Waals surface area contributed by atoms with E-state index < -0.39 is 17.7 Å². The molecule has 5 rings (SSSR count). The zero-order valence-electron chi connectivity index (χ0n) is 25.9. The third kappa shape index (κ3) is 9.96. The van der Waals surface area contributed by atoms with E-state index in [1.165, 1.54) is 49.6 Å². The van der Waals surface area contributed by atoms with E-state index in [-0.39, 0.29) is 22.9 Å². The van der Waals surface area contributed by atoms with Crippen LogP contribution in [0.2, 0.25) is 0 Å². The Morgan fingerprint density at radius 1 is 0.787 bits per heavy atom. The molecule has 0 radical (unpaired) electrons. The summed E-state index contributed by atoms with van der Waals surface area (Å²) in [7, 11) is 0. The lowest BCUT2D eigenvalue weighted by Crippen LogP contribution is -2.49. The first-order valence-corrected chi connectivity index (χ1v) is 15.4. The molecule has 2 fully saturated rings. The first-order valence-electron chi connectivity index (χ1n) is 15.4. The lowest BCUT2D eigenvalue weighted by atomic mass is 10.1. The van der Waals surface area contributed by atoms with Crippen LogP contribution in [0.3, 0.4) is 0 Å². The molecule has 1 N–H and O–H groups in total. The maximum atomic E-state index is 13.9. The van der Waals surface area contributed by atoms with Crippen LogP contribution >= 0.6 is 0 Å². The van der Waals surface area contributed by atoms with Gasteiger partial charge in [-0.05, 0) is 99.1 Å². The van der Waals surface area contributed by atoms with Crippen LogP contribution in [-0.2, 0) is 6.18 Å². The van der Waals surface area contributed by atoms with Crippen molar-refractivity contribution in [1.29, 1.82) is 10.5 Å². The van der Waals surface area contributed by atoms with Gasteiger partial charge in [0.2, 0.25) is 0 Å². The maximum absolute atomic E-state index is 13.9. The molecule has 2 saturated heterocycles. The van der Waals surface area contributed by atoms with Crippen LogP contribution in [0.15, 0.2) is 66.7 Å². The van der Waals surface area contributed by atoms with Gasteiger partial charge in [0.05, 0.1) is 41.0 Å². The maximum Gasteiger partial charge on any atom is 0.418 e. The zero-order chi connectivity index (χ0) is 33.8. The number of carbonyl (C=O) groups excluding carboxylic acids is 1. The van der Waals surface area contributed by atoms with Gasteiger partial charge in [0, 0.05) is 44.0 Å². The number of ether oxygens (including phenoxy) is 1. The molecule has 2 aliphatic rings. The van der Waals surface area contributed by atoms with Crippen molar-refractivity contribution in [2.45, 2.75) is 31.9 Å².